The van der Waals surface area contributed by atoms with Gasteiger partial charge in [0.15, 0.2) is 0 Å². The highest BCUT2D eigenvalue weighted by atomic mass is 16.6. The molecule has 0 spiro atoms. The summed E-state index contributed by atoms with van der Waals surface area (Å²) >= 11 is 0. The molecule has 1 aromatic rings. The van der Waals surface area contributed by atoms with Crippen LogP contribution in [0.1, 0.15) is 39.7 Å². The van der Waals surface area contributed by atoms with Gasteiger partial charge in [0, 0.05) is 6.42 Å². The van der Waals surface area contributed by atoms with E-state index in [1.54, 1.807) is 0 Å². The number of amides is 1. The molecule has 0 aliphatic carbocycles. The minimum Gasteiger partial charge on any atom is -0.464 e. The first kappa shape index (κ1) is 19.0. The van der Waals surface area contributed by atoms with E-state index in [-0.39, 0.29) is 12.0 Å². The first-order valence-corrected chi connectivity index (χ1v) is 7.95. The van der Waals surface area contributed by atoms with Crippen LogP contribution < -0.4 is 5.32 Å². The van der Waals surface area contributed by atoms with Crippen molar-refractivity contribution in [3.63, 3.8) is 0 Å². The summed E-state index contributed by atoms with van der Waals surface area (Å²) in [5.41, 5.74) is 0.816. The summed E-state index contributed by atoms with van der Waals surface area (Å²) in [4.78, 5) is 24.1. The van der Waals surface area contributed by atoms with Gasteiger partial charge in [-0.3, -0.25) is 0 Å². The van der Waals surface area contributed by atoms with Gasteiger partial charge in [0.2, 0.25) is 0 Å². The van der Waals surface area contributed by atoms with E-state index in [1.165, 1.54) is 0 Å². The van der Waals surface area contributed by atoms with E-state index in [9.17, 15) is 9.59 Å². The van der Waals surface area contributed by atoms with E-state index in [4.69, 9.17) is 9.47 Å². The molecule has 0 fully saturated rings. The van der Waals surface area contributed by atoms with Crippen LogP contribution in [-0.2, 0) is 20.7 Å². The van der Waals surface area contributed by atoms with Gasteiger partial charge < -0.3 is 14.8 Å². The van der Waals surface area contributed by atoms with Gasteiger partial charge in [-0.25, -0.2) is 9.59 Å². The SMILES string of the molecule is CCCOC(=O)C(Cc1ccccc1)NC(=O)OCC(C)(C)C. The zero-order valence-corrected chi connectivity index (χ0v) is 14.4. The first-order valence-electron chi connectivity index (χ1n) is 7.95. The highest BCUT2D eigenvalue weighted by Gasteiger charge is 2.24. The summed E-state index contributed by atoms with van der Waals surface area (Å²) in [6.07, 6.45) is 0.501. The van der Waals surface area contributed by atoms with Crippen LogP contribution >= 0.6 is 0 Å². The number of carbonyl (C=O) groups is 2. The maximum absolute atomic E-state index is 12.2. The third-order valence-electron chi connectivity index (χ3n) is 2.94. The first-order chi connectivity index (χ1) is 10.8. The Morgan fingerprint density at radius 1 is 1.13 bits per heavy atom. The summed E-state index contributed by atoms with van der Waals surface area (Å²) in [5, 5.41) is 2.61. The molecule has 1 atom stereocenters. The van der Waals surface area contributed by atoms with Crippen molar-refractivity contribution in [3.05, 3.63) is 35.9 Å². The molecule has 0 bridgehead atoms. The minimum absolute atomic E-state index is 0.130. The molecule has 0 saturated heterocycles. The molecule has 1 N–H and O–H groups in total. The Morgan fingerprint density at radius 2 is 1.78 bits per heavy atom. The summed E-state index contributed by atoms with van der Waals surface area (Å²) in [6, 6.07) is 8.74. The zero-order chi connectivity index (χ0) is 17.3. The second-order valence-electron chi connectivity index (χ2n) is 6.69. The molecule has 1 aromatic carbocycles. The second-order valence-corrected chi connectivity index (χ2v) is 6.69. The van der Waals surface area contributed by atoms with Crippen molar-refractivity contribution in [1.29, 1.82) is 0 Å². The second kappa shape index (κ2) is 9.18. The Balaban J connectivity index is 2.67. The molecule has 0 aliphatic heterocycles. The molecule has 1 unspecified atom stereocenters. The van der Waals surface area contributed by atoms with Crippen molar-refractivity contribution in [2.45, 2.75) is 46.6 Å². The molecule has 0 saturated carbocycles. The number of nitrogens with one attached hydrogen (secondary N) is 1. The lowest BCUT2D eigenvalue weighted by Crippen LogP contribution is -2.44. The monoisotopic (exact) mass is 321 g/mol. The van der Waals surface area contributed by atoms with Gasteiger partial charge >= 0.3 is 12.1 Å². The van der Waals surface area contributed by atoms with E-state index in [1.807, 2.05) is 58.0 Å². The number of esters is 1. The van der Waals surface area contributed by atoms with Crippen LogP contribution in [0.5, 0.6) is 0 Å². The average molecular weight is 321 g/mol. The Labute approximate surface area is 138 Å². The van der Waals surface area contributed by atoms with Crippen molar-refractivity contribution in [1.82, 2.24) is 5.32 Å². The van der Waals surface area contributed by atoms with Gasteiger partial charge in [0.1, 0.15) is 6.04 Å². The summed E-state index contributed by atoms with van der Waals surface area (Å²) in [6.45, 7) is 8.44. The lowest BCUT2D eigenvalue weighted by Gasteiger charge is -2.21. The normalized spacial score (nSPS) is 12.3. The molecule has 0 heterocycles. The number of hydrogen-bond donors (Lipinski definition) is 1. The van der Waals surface area contributed by atoms with E-state index < -0.39 is 18.1 Å². The Morgan fingerprint density at radius 3 is 2.35 bits per heavy atom. The lowest BCUT2D eigenvalue weighted by atomic mass is 9.99. The number of benzene rings is 1. The maximum atomic E-state index is 12.2. The van der Waals surface area contributed by atoms with Crippen LogP contribution in [0.15, 0.2) is 30.3 Å². The Kier molecular flexibility index (Phi) is 7.59. The predicted octanol–water partition coefficient (Wildman–Crippen LogP) is 3.32. The van der Waals surface area contributed by atoms with Crippen molar-refractivity contribution in [2.24, 2.45) is 5.41 Å². The van der Waals surface area contributed by atoms with E-state index in [2.05, 4.69) is 5.32 Å². The fraction of sp³-hybridized carbons (Fsp3) is 0.556. The summed E-state index contributed by atoms with van der Waals surface area (Å²) < 4.78 is 10.3. The molecular formula is C18H27NO4. The smallest absolute Gasteiger partial charge is 0.407 e. The quantitative estimate of drug-likeness (QED) is 0.782. The van der Waals surface area contributed by atoms with E-state index in [0.29, 0.717) is 13.0 Å². The van der Waals surface area contributed by atoms with Gasteiger partial charge in [-0.05, 0) is 17.4 Å². The van der Waals surface area contributed by atoms with Crippen LogP contribution in [-0.4, -0.2) is 31.3 Å². The number of carbonyl (C=O) groups excluding carboxylic acids is 2. The topological polar surface area (TPSA) is 64.6 Å². The fourth-order valence-electron chi connectivity index (χ4n) is 1.81. The molecule has 5 heteroatoms. The van der Waals surface area contributed by atoms with Gasteiger partial charge in [-0.1, -0.05) is 58.0 Å². The number of hydrogen-bond acceptors (Lipinski definition) is 4. The fourth-order valence-corrected chi connectivity index (χ4v) is 1.81. The zero-order valence-electron chi connectivity index (χ0n) is 14.4. The summed E-state index contributed by atoms with van der Waals surface area (Å²) in [7, 11) is 0. The number of rotatable bonds is 7. The maximum Gasteiger partial charge on any atom is 0.407 e. The molecule has 0 aromatic heterocycles. The van der Waals surface area contributed by atoms with Crippen LogP contribution in [0.2, 0.25) is 0 Å². The molecule has 1 rings (SSSR count). The summed E-state index contributed by atoms with van der Waals surface area (Å²) in [5.74, 6) is -0.441. The lowest BCUT2D eigenvalue weighted by molar-refractivity contribution is -0.146. The van der Waals surface area contributed by atoms with Gasteiger partial charge in [-0.15, -0.1) is 0 Å². The Hall–Kier alpha value is -2.04. The van der Waals surface area contributed by atoms with E-state index >= 15 is 0 Å². The highest BCUT2D eigenvalue weighted by Crippen LogP contribution is 2.13. The van der Waals surface area contributed by atoms with Crippen molar-refractivity contribution in [3.8, 4) is 0 Å². The molecule has 0 aliphatic rings. The average Bonchev–Trinajstić information content (AvgIpc) is 2.50. The standard InChI is InChI=1S/C18H27NO4/c1-5-11-22-16(20)15(12-14-9-7-6-8-10-14)19-17(21)23-13-18(2,3)4/h6-10,15H,5,11-13H2,1-4H3,(H,19,21). The molecule has 0 radical (unpaired) electrons. The van der Waals surface area contributed by atoms with Crippen LogP contribution in [0.4, 0.5) is 4.79 Å². The molecule has 1 amide bonds. The van der Waals surface area contributed by atoms with Crippen LogP contribution in [0.3, 0.4) is 0 Å². The van der Waals surface area contributed by atoms with E-state index in [0.717, 1.165) is 12.0 Å². The number of alkyl carbamates (subject to hydrolysis) is 1. The molecule has 23 heavy (non-hydrogen) atoms. The van der Waals surface area contributed by atoms with Crippen molar-refractivity contribution in [2.75, 3.05) is 13.2 Å². The highest BCUT2D eigenvalue weighted by molar-refractivity contribution is 5.81. The molecular weight excluding hydrogens is 294 g/mol. The van der Waals surface area contributed by atoms with Gasteiger partial charge in [0.25, 0.3) is 0 Å². The van der Waals surface area contributed by atoms with Gasteiger partial charge in [0.05, 0.1) is 13.2 Å². The Bertz CT molecular complexity index is 493. The van der Waals surface area contributed by atoms with Crippen molar-refractivity contribution < 1.29 is 19.1 Å². The number of ether oxygens (including phenoxy) is 2. The van der Waals surface area contributed by atoms with Crippen molar-refractivity contribution >= 4 is 12.1 Å². The van der Waals surface area contributed by atoms with Crippen LogP contribution in [0, 0.1) is 5.41 Å². The molecule has 5 nitrogen and oxygen atoms in total. The molecule has 128 valence electrons. The van der Waals surface area contributed by atoms with Crippen LogP contribution in [0.25, 0.3) is 0 Å². The van der Waals surface area contributed by atoms with Gasteiger partial charge in [-0.2, -0.15) is 0 Å². The third kappa shape index (κ3) is 8.24. The minimum atomic E-state index is -0.753. The largest absolute Gasteiger partial charge is 0.464 e. The predicted molar refractivity (Wildman–Crippen MR) is 89.1 cm³/mol. The third-order valence-corrected chi connectivity index (χ3v) is 2.94.